The highest BCUT2D eigenvalue weighted by Crippen LogP contribution is 2.21. The van der Waals surface area contributed by atoms with Crippen LogP contribution in [0.3, 0.4) is 0 Å². The first-order valence-corrected chi connectivity index (χ1v) is 8.88. The van der Waals surface area contributed by atoms with Crippen molar-refractivity contribution in [1.82, 2.24) is 0 Å². The van der Waals surface area contributed by atoms with Crippen molar-refractivity contribution < 1.29 is 0 Å². The first kappa shape index (κ1) is 16.1. The number of aliphatic imine (C=N–C) groups is 1. The van der Waals surface area contributed by atoms with E-state index in [1.807, 2.05) is 0 Å². The van der Waals surface area contributed by atoms with E-state index in [2.05, 4.69) is 17.5 Å². The van der Waals surface area contributed by atoms with Crippen LogP contribution in [0.2, 0.25) is 0 Å². The minimum Gasteiger partial charge on any atom is -0.274 e. The standard InChI is InChI=1S/C16H30NS/c1-2-3-4-5-6-7-8-9-10-11-12-13-16-14-17-15-18-16/h16H,2-14H2,1H3. The van der Waals surface area contributed by atoms with Gasteiger partial charge in [-0.2, -0.15) is 0 Å². The molecule has 1 nitrogen and oxygen atoms in total. The molecule has 0 amide bonds. The Balaban J connectivity index is 1.68. The van der Waals surface area contributed by atoms with Gasteiger partial charge in [-0.1, -0.05) is 89.3 Å². The third-order valence-electron chi connectivity index (χ3n) is 3.71. The average Bonchev–Trinajstić information content (AvgIpc) is 2.89. The summed E-state index contributed by atoms with van der Waals surface area (Å²) in [5.74, 6) is 0. The van der Waals surface area contributed by atoms with Crippen LogP contribution in [-0.4, -0.2) is 17.3 Å². The Morgan fingerprint density at radius 1 is 0.889 bits per heavy atom. The predicted octanol–water partition coefficient (Wildman–Crippen LogP) is 5.71. The zero-order valence-corrected chi connectivity index (χ0v) is 12.9. The molecule has 0 N–H and O–H groups in total. The van der Waals surface area contributed by atoms with Gasteiger partial charge in [0.25, 0.3) is 0 Å². The lowest BCUT2D eigenvalue weighted by Crippen LogP contribution is -2.01. The molecule has 1 aliphatic rings. The van der Waals surface area contributed by atoms with E-state index in [0.29, 0.717) is 0 Å². The number of rotatable bonds is 12. The third-order valence-corrected chi connectivity index (χ3v) is 4.66. The molecule has 1 rings (SSSR count). The second kappa shape index (κ2) is 12.1. The summed E-state index contributed by atoms with van der Waals surface area (Å²) in [6.07, 6.45) is 17.2. The van der Waals surface area contributed by atoms with Crippen LogP contribution in [0.25, 0.3) is 0 Å². The van der Waals surface area contributed by atoms with Crippen molar-refractivity contribution in [1.29, 1.82) is 0 Å². The van der Waals surface area contributed by atoms with E-state index in [4.69, 9.17) is 0 Å². The smallest absolute Gasteiger partial charge is 0.123 e. The fraction of sp³-hybridized carbons (Fsp3) is 0.938. The molecule has 2 heteroatoms. The summed E-state index contributed by atoms with van der Waals surface area (Å²) >= 11 is 1.81. The third kappa shape index (κ3) is 9.02. The number of hydrogen-bond donors (Lipinski definition) is 0. The van der Waals surface area contributed by atoms with Gasteiger partial charge >= 0.3 is 0 Å². The van der Waals surface area contributed by atoms with Crippen molar-refractivity contribution in [2.45, 2.75) is 89.2 Å². The van der Waals surface area contributed by atoms with Gasteiger partial charge in [0, 0.05) is 5.25 Å². The Labute approximate surface area is 118 Å². The molecular weight excluding hydrogens is 238 g/mol. The highest BCUT2D eigenvalue weighted by Gasteiger charge is 2.11. The molecule has 0 saturated heterocycles. The van der Waals surface area contributed by atoms with Gasteiger partial charge in [0.1, 0.15) is 5.55 Å². The topological polar surface area (TPSA) is 12.4 Å². The lowest BCUT2D eigenvalue weighted by Gasteiger charge is -2.06. The number of unbranched alkanes of at least 4 members (excludes halogenated alkanes) is 10. The molecule has 105 valence electrons. The van der Waals surface area contributed by atoms with Gasteiger partial charge in [0.2, 0.25) is 0 Å². The molecule has 0 bridgehead atoms. The van der Waals surface area contributed by atoms with E-state index >= 15 is 0 Å². The van der Waals surface area contributed by atoms with Gasteiger partial charge in [0.05, 0.1) is 6.54 Å². The van der Waals surface area contributed by atoms with Crippen LogP contribution in [0.15, 0.2) is 4.99 Å². The summed E-state index contributed by atoms with van der Waals surface area (Å²) < 4.78 is 0. The first-order chi connectivity index (χ1) is 8.93. The quantitative estimate of drug-likeness (QED) is 0.413. The molecule has 1 unspecified atom stereocenters. The van der Waals surface area contributed by atoms with E-state index in [0.717, 1.165) is 11.8 Å². The maximum atomic E-state index is 4.15. The van der Waals surface area contributed by atoms with Gasteiger partial charge in [-0.05, 0) is 6.42 Å². The monoisotopic (exact) mass is 268 g/mol. The fourth-order valence-electron chi connectivity index (χ4n) is 2.47. The maximum absolute atomic E-state index is 4.15. The van der Waals surface area contributed by atoms with Crippen LogP contribution in [0, 0.1) is 0 Å². The largest absolute Gasteiger partial charge is 0.274 e. The summed E-state index contributed by atoms with van der Waals surface area (Å²) in [4.78, 5) is 4.15. The molecule has 0 fully saturated rings. The average molecular weight is 268 g/mol. The summed E-state index contributed by atoms with van der Waals surface area (Å²) in [5, 5.41) is 0.753. The molecule has 1 heterocycles. The van der Waals surface area contributed by atoms with E-state index in [-0.39, 0.29) is 0 Å². The summed E-state index contributed by atoms with van der Waals surface area (Å²) in [6.45, 7) is 3.30. The minimum atomic E-state index is 0.753. The highest BCUT2D eigenvalue weighted by molar-refractivity contribution is 8.12. The Kier molecular flexibility index (Phi) is 10.8. The van der Waals surface area contributed by atoms with Crippen molar-refractivity contribution in [3.63, 3.8) is 0 Å². The van der Waals surface area contributed by atoms with Gasteiger partial charge < -0.3 is 0 Å². The van der Waals surface area contributed by atoms with Gasteiger partial charge in [-0.15, -0.1) is 0 Å². The summed E-state index contributed by atoms with van der Waals surface area (Å²) in [5.41, 5.74) is 3.00. The van der Waals surface area contributed by atoms with Crippen molar-refractivity contribution in [3.05, 3.63) is 0 Å². The lowest BCUT2D eigenvalue weighted by atomic mass is 10.0. The zero-order valence-electron chi connectivity index (χ0n) is 12.1. The Hall–Kier alpha value is 0.0200. The summed E-state index contributed by atoms with van der Waals surface area (Å²) in [6, 6.07) is 0. The molecule has 1 radical (unpaired) electrons. The molecular formula is C16H30NS. The zero-order chi connectivity index (χ0) is 12.9. The van der Waals surface area contributed by atoms with Gasteiger partial charge in [-0.25, -0.2) is 0 Å². The highest BCUT2D eigenvalue weighted by atomic mass is 32.2. The number of thioether (sulfide) groups is 1. The Bertz CT molecular complexity index is 195. The number of hydrogen-bond acceptors (Lipinski definition) is 2. The maximum Gasteiger partial charge on any atom is 0.123 e. The van der Waals surface area contributed by atoms with E-state index in [9.17, 15) is 0 Å². The lowest BCUT2D eigenvalue weighted by molar-refractivity contribution is 0.542. The Morgan fingerprint density at radius 3 is 1.94 bits per heavy atom. The van der Waals surface area contributed by atoms with Crippen LogP contribution in [0.4, 0.5) is 0 Å². The SMILES string of the molecule is CCCCCCCCCCCCCC1CN=[C]S1. The van der Waals surface area contributed by atoms with Crippen molar-refractivity contribution in [2.24, 2.45) is 4.99 Å². The molecule has 0 saturated carbocycles. The normalized spacial score (nSPS) is 18.6. The molecule has 0 aromatic rings. The van der Waals surface area contributed by atoms with Crippen LogP contribution < -0.4 is 0 Å². The van der Waals surface area contributed by atoms with Crippen molar-refractivity contribution >= 4 is 17.3 Å². The fourth-order valence-corrected chi connectivity index (χ4v) is 3.21. The van der Waals surface area contributed by atoms with E-state index in [1.165, 1.54) is 77.0 Å². The molecule has 1 atom stereocenters. The van der Waals surface area contributed by atoms with Crippen LogP contribution in [0.1, 0.15) is 84.0 Å². The predicted molar refractivity (Wildman–Crippen MR) is 84.8 cm³/mol. The molecule has 0 aromatic carbocycles. The second-order valence-corrected chi connectivity index (χ2v) is 6.58. The molecule has 0 aromatic heterocycles. The van der Waals surface area contributed by atoms with Crippen molar-refractivity contribution in [3.8, 4) is 0 Å². The van der Waals surface area contributed by atoms with Crippen LogP contribution in [0.5, 0.6) is 0 Å². The number of nitrogens with zero attached hydrogens (tertiary/aromatic N) is 1. The minimum absolute atomic E-state index is 0.753. The van der Waals surface area contributed by atoms with Crippen LogP contribution in [-0.2, 0) is 0 Å². The summed E-state index contributed by atoms with van der Waals surface area (Å²) in [7, 11) is 0. The first-order valence-electron chi connectivity index (χ1n) is 8.00. The van der Waals surface area contributed by atoms with E-state index in [1.54, 1.807) is 11.8 Å². The van der Waals surface area contributed by atoms with Crippen LogP contribution >= 0.6 is 11.8 Å². The van der Waals surface area contributed by atoms with Crippen molar-refractivity contribution in [2.75, 3.05) is 6.54 Å². The molecule has 0 spiro atoms. The molecule has 0 aliphatic carbocycles. The van der Waals surface area contributed by atoms with Gasteiger partial charge in [-0.3, -0.25) is 4.99 Å². The van der Waals surface area contributed by atoms with E-state index < -0.39 is 0 Å². The van der Waals surface area contributed by atoms with Gasteiger partial charge in [0.15, 0.2) is 0 Å². The molecule has 18 heavy (non-hydrogen) atoms. The second-order valence-electron chi connectivity index (χ2n) is 5.50. The molecule has 1 aliphatic heterocycles. The Morgan fingerprint density at radius 2 is 1.44 bits per heavy atom.